The van der Waals surface area contributed by atoms with Crippen LogP contribution in [0.5, 0.6) is 0 Å². The second-order valence-electron chi connectivity index (χ2n) is 3.58. The Morgan fingerprint density at radius 3 is 2.39 bits per heavy atom. The van der Waals surface area contributed by atoms with Crippen molar-refractivity contribution in [2.75, 3.05) is 6.26 Å². The quantitative estimate of drug-likeness (QED) is 0.868. The summed E-state index contributed by atoms with van der Waals surface area (Å²) in [4.78, 5) is 11.1. The highest BCUT2D eigenvalue weighted by atomic mass is 35.5. The Bertz CT molecular complexity index is 512. The molecule has 0 saturated heterocycles. The fourth-order valence-corrected chi connectivity index (χ4v) is 3.28. The molecule has 7 heteroatoms. The number of rotatable bonds is 4. The van der Waals surface area contributed by atoms with Gasteiger partial charge in [-0.3, -0.25) is 4.21 Å². The van der Waals surface area contributed by atoms with Crippen LogP contribution in [0.2, 0.25) is 0 Å². The second-order valence-corrected chi connectivity index (χ2v) is 6.13. The first kappa shape index (κ1) is 15.4. The van der Waals surface area contributed by atoms with Crippen LogP contribution < -0.4 is 0 Å². The van der Waals surface area contributed by atoms with Crippen molar-refractivity contribution in [3.05, 3.63) is 28.8 Å². The number of carboxylic acid groups (broad SMARTS) is 1. The summed E-state index contributed by atoms with van der Waals surface area (Å²) in [7, 11) is -1.60. The van der Waals surface area contributed by atoms with E-state index in [0.717, 1.165) is 6.07 Å². The maximum absolute atomic E-state index is 13.6. The van der Waals surface area contributed by atoms with Crippen molar-refractivity contribution in [2.45, 2.75) is 22.8 Å². The lowest BCUT2D eigenvalue weighted by Gasteiger charge is -2.18. The maximum Gasteiger partial charge on any atom is 0.336 e. The molecule has 0 unspecified atom stereocenters. The van der Waals surface area contributed by atoms with Gasteiger partial charge in [0.25, 0.3) is 4.59 Å². The molecule has 0 aromatic heterocycles. The first-order valence-corrected chi connectivity index (χ1v) is 7.31. The van der Waals surface area contributed by atoms with E-state index in [9.17, 15) is 13.4 Å². The van der Waals surface area contributed by atoms with Gasteiger partial charge < -0.3 is 5.11 Å². The van der Waals surface area contributed by atoms with Gasteiger partial charge in [0.15, 0.2) is 0 Å². The molecule has 1 atom stereocenters. The van der Waals surface area contributed by atoms with Crippen LogP contribution in [0.1, 0.15) is 28.4 Å². The highest BCUT2D eigenvalue weighted by Crippen LogP contribution is 2.40. The van der Waals surface area contributed by atoms with Crippen LogP contribution in [-0.4, -0.2) is 21.5 Å². The van der Waals surface area contributed by atoms with Gasteiger partial charge in [-0.05, 0) is 18.1 Å². The van der Waals surface area contributed by atoms with Crippen molar-refractivity contribution >= 4 is 40.0 Å². The molecule has 1 aromatic carbocycles. The van der Waals surface area contributed by atoms with E-state index in [0.29, 0.717) is 0 Å². The minimum atomic E-state index is -2.71. The number of hydrogen-bond acceptors (Lipinski definition) is 2. The molecule has 0 aliphatic rings. The Labute approximate surface area is 116 Å². The van der Waals surface area contributed by atoms with E-state index in [2.05, 4.69) is 0 Å². The topological polar surface area (TPSA) is 54.4 Å². The van der Waals surface area contributed by atoms with Crippen LogP contribution in [0.15, 0.2) is 17.0 Å². The van der Waals surface area contributed by atoms with E-state index in [-0.39, 0.29) is 28.0 Å². The van der Waals surface area contributed by atoms with Crippen molar-refractivity contribution in [1.82, 2.24) is 0 Å². The maximum atomic E-state index is 13.6. The molecule has 0 saturated carbocycles. The number of hydrogen-bond donors (Lipinski definition) is 1. The van der Waals surface area contributed by atoms with Gasteiger partial charge in [0.05, 0.1) is 21.3 Å². The van der Waals surface area contributed by atoms with Crippen LogP contribution in [0.25, 0.3) is 0 Å². The molecule has 0 aliphatic heterocycles. The molecule has 0 radical (unpaired) electrons. The molecule has 0 heterocycles. The number of benzene rings is 1. The minimum Gasteiger partial charge on any atom is -0.478 e. The van der Waals surface area contributed by atoms with E-state index in [1.165, 1.54) is 12.3 Å². The molecule has 3 nitrogen and oxygen atoms in total. The van der Waals surface area contributed by atoms with Crippen molar-refractivity contribution in [3.63, 3.8) is 0 Å². The lowest BCUT2D eigenvalue weighted by atomic mass is 10.0. The van der Waals surface area contributed by atoms with E-state index < -0.39 is 21.4 Å². The summed E-state index contributed by atoms with van der Waals surface area (Å²) in [6, 6.07) is 2.37. The number of alkyl halides is 3. The van der Waals surface area contributed by atoms with Crippen LogP contribution in [-0.2, 0) is 21.8 Å². The predicted molar refractivity (Wildman–Crippen MR) is 69.6 cm³/mol. The number of carbonyl (C=O) groups is 1. The second kappa shape index (κ2) is 5.55. The zero-order valence-electron chi connectivity index (χ0n) is 9.67. The first-order chi connectivity index (χ1) is 8.20. The summed E-state index contributed by atoms with van der Waals surface area (Å²) >= 11 is 10.8. The number of aromatic carboxylic acids is 1. The van der Waals surface area contributed by atoms with Gasteiger partial charge in [0.2, 0.25) is 0 Å². The third-order valence-electron chi connectivity index (χ3n) is 2.44. The largest absolute Gasteiger partial charge is 0.478 e. The Kier molecular flexibility index (Phi) is 4.75. The lowest BCUT2D eigenvalue weighted by Crippen LogP contribution is -2.14. The van der Waals surface area contributed by atoms with Gasteiger partial charge in [-0.25, -0.2) is 9.18 Å². The Morgan fingerprint density at radius 1 is 1.50 bits per heavy atom. The Morgan fingerprint density at radius 2 is 2.06 bits per heavy atom. The van der Waals surface area contributed by atoms with Crippen LogP contribution in [0.4, 0.5) is 4.39 Å². The van der Waals surface area contributed by atoms with Gasteiger partial charge in [-0.2, -0.15) is 0 Å². The van der Waals surface area contributed by atoms with E-state index in [1.54, 1.807) is 6.92 Å². The molecule has 0 aliphatic carbocycles. The number of halogens is 3. The molecule has 0 fully saturated rings. The smallest absolute Gasteiger partial charge is 0.336 e. The molecule has 0 amide bonds. The fraction of sp³-hybridized carbons (Fsp3) is 0.364. The molecule has 1 rings (SSSR count). The third-order valence-corrected chi connectivity index (χ3v) is 3.89. The van der Waals surface area contributed by atoms with Gasteiger partial charge in [0, 0.05) is 11.8 Å². The summed E-state index contributed by atoms with van der Waals surface area (Å²) < 4.78 is 22.6. The van der Waals surface area contributed by atoms with E-state index in [1.807, 2.05) is 0 Å². The summed E-state index contributed by atoms with van der Waals surface area (Å²) in [5.74, 6) is -1.17. The summed E-state index contributed by atoms with van der Waals surface area (Å²) in [5.41, 5.74) is 0.0849. The fourth-order valence-electron chi connectivity index (χ4n) is 1.73. The van der Waals surface area contributed by atoms with Crippen molar-refractivity contribution in [2.24, 2.45) is 0 Å². The highest BCUT2D eigenvalue weighted by molar-refractivity contribution is 7.84. The molecule has 0 spiro atoms. The third kappa shape index (κ3) is 3.02. The number of carboxylic acids is 1. The van der Waals surface area contributed by atoms with Gasteiger partial charge in [-0.15, -0.1) is 0 Å². The monoisotopic (exact) mass is 312 g/mol. The van der Waals surface area contributed by atoms with Gasteiger partial charge in [-0.1, -0.05) is 36.2 Å². The highest BCUT2D eigenvalue weighted by Gasteiger charge is 2.32. The minimum absolute atomic E-state index is 0.0240. The van der Waals surface area contributed by atoms with E-state index >= 15 is 0 Å². The average molecular weight is 313 g/mol. The van der Waals surface area contributed by atoms with E-state index in [4.69, 9.17) is 28.3 Å². The average Bonchev–Trinajstić information content (AvgIpc) is 2.25. The molecular weight excluding hydrogens is 302 g/mol. The summed E-state index contributed by atoms with van der Waals surface area (Å²) in [6.45, 7) is 1.68. The zero-order chi connectivity index (χ0) is 14.1. The Balaban J connectivity index is 3.70. The lowest BCUT2D eigenvalue weighted by molar-refractivity contribution is 0.0695. The molecule has 100 valence electrons. The van der Waals surface area contributed by atoms with Gasteiger partial charge >= 0.3 is 5.97 Å². The summed E-state index contributed by atoms with van der Waals surface area (Å²) in [6.07, 6.45) is 1.61. The van der Waals surface area contributed by atoms with Crippen molar-refractivity contribution in [3.8, 4) is 0 Å². The molecule has 0 bridgehead atoms. The van der Waals surface area contributed by atoms with Crippen molar-refractivity contribution < 1.29 is 18.5 Å². The standard InChI is InChI=1S/C11H11Cl2FO3S/c1-3-6-7(10(15)16)4-5-8(11(12,13)14)9(6)18(2)17/h4-5H,3H2,1-2H3,(H,15,16)/t18-/m0/s1. The zero-order valence-corrected chi connectivity index (χ0v) is 12.0. The SMILES string of the molecule is CCc1c(C(=O)O)ccc(C(F)(Cl)Cl)c1[S@](C)=O. The van der Waals surface area contributed by atoms with Crippen LogP contribution in [0.3, 0.4) is 0 Å². The Hall–Kier alpha value is -0.650. The normalized spacial score (nSPS) is 13.4. The van der Waals surface area contributed by atoms with Crippen LogP contribution >= 0.6 is 23.2 Å². The molecular formula is C11H11Cl2FO3S. The molecule has 1 aromatic rings. The molecule has 1 N–H and O–H groups in total. The first-order valence-electron chi connectivity index (χ1n) is 5.00. The predicted octanol–water partition coefficient (Wildman–Crippen LogP) is 3.24. The molecule has 18 heavy (non-hydrogen) atoms. The van der Waals surface area contributed by atoms with Crippen LogP contribution in [0, 0.1) is 0 Å². The van der Waals surface area contributed by atoms with Gasteiger partial charge in [0.1, 0.15) is 0 Å². The summed E-state index contributed by atoms with van der Waals surface area (Å²) in [5, 5.41) is 9.04. The van der Waals surface area contributed by atoms with Crippen molar-refractivity contribution in [1.29, 1.82) is 0 Å².